The standard InChI is InChI=1S/C11H14ClF3N2OS/c1-3-17(6-7-4-5-8(12)19-7)9(18)10(2,16)11(13,14)15/h4-5H,3,6,16H2,1-2H3. The Morgan fingerprint density at radius 2 is 2.05 bits per heavy atom. The van der Waals surface area contributed by atoms with Gasteiger partial charge in [0, 0.05) is 11.4 Å². The lowest BCUT2D eigenvalue weighted by atomic mass is 10.0. The van der Waals surface area contributed by atoms with Crippen molar-refractivity contribution in [1.82, 2.24) is 4.90 Å². The Hall–Kier alpha value is -0.790. The van der Waals surface area contributed by atoms with Crippen LogP contribution >= 0.6 is 22.9 Å². The molecule has 1 rings (SSSR count). The van der Waals surface area contributed by atoms with Gasteiger partial charge in [0.15, 0.2) is 5.54 Å². The van der Waals surface area contributed by atoms with E-state index in [2.05, 4.69) is 0 Å². The summed E-state index contributed by atoms with van der Waals surface area (Å²) in [5, 5.41) is 0. The molecule has 1 heterocycles. The Labute approximate surface area is 118 Å². The van der Waals surface area contributed by atoms with Crippen molar-refractivity contribution in [1.29, 1.82) is 0 Å². The Bertz CT molecular complexity index is 459. The molecule has 0 bridgehead atoms. The highest BCUT2D eigenvalue weighted by molar-refractivity contribution is 7.16. The molecule has 1 aromatic rings. The van der Waals surface area contributed by atoms with Crippen LogP contribution in [0.4, 0.5) is 13.2 Å². The number of nitrogens with two attached hydrogens (primary N) is 1. The Kier molecular flexibility index (Phi) is 4.86. The summed E-state index contributed by atoms with van der Waals surface area (Å²) in [6.45, 7) is 2.48. The molecule has 1 amide bonds. The molecule has 19 heavy (non-hydrogen) atoms. The lowest BCUT2D eigenvalue weighted by Crippen LogP contribution is -2.61. The number of nitrogens with zero attached hydrogens (tertiary/aromatic N) is 1. The number of hydrogen-bond acceptors (Lipinski definition) is 3. The zero-order valence-corrected chi connectivity index (χ0v) is 12.0. The van der Waals surface area contributed by atoms with Crippen molar-refractivity contribution < 1.29 is 18.0 Å². The molecule has 108 valence electrons. The van der Waals surface area contributed by atoms with Gasteiger partial charge in [-0.3, -0.25) is 4.79 Å². The second kappa shape index (κ2) is 5.68. The predicted molar refractivity (Wildman–Crippen MR) is 69.1 cm³/mol. The molecule has 0 saturated carbocycles. The number of thiophene rings is 1. The fourth-order valence-corrected chi connectivity index (χ4v) is 2.51. The minimum Gasteiger partial charge on any atom is -0.336 e. The molecule has 0 fully saturated rings. The van der Waals surface area contributed by atoms with Gasteiger partial charge < -0.3 is 10.6 Å². The zero-order valence-electron chi connectivity index (χ0n) is 10.4. The monoisotopic (exact) mass is 314 g/mol. The van der Waals surface area contributed by atoms with Gasteiger partial charge in [0.1, 0.15) is 0 Å². The molecule has 0 spiro atoms. The third-order valence-electron chi connectivity index (χ3n) is 2.68. The molecule has 0 aromatic carbocycles. The Balaban J connectivity index is 2.89. The number of halogens is 4. The maximum atomic E-state index is 12.7. The molecule has 0 saturated heterocycles. The molecule has 0 aliphatic rings. The van der Waals surface area contributed by atoms with Gasteiger partial charge in [-0.2, -0.15) is 13.2 Å². The number of hydrogen-bond donors (Lipinski definition) is 1. The van der Waals surface area contributed by atoms with Crippen LogP contribution in [0.25, 0.3) is 0 Å². The normalized spacial score (nSPS) is 15.1. The van der Waals surface area contributed by atoms with Gasteiger partial charge >= 0.3 is 6.18 Å². The van der Waals surface area contributed by atoms with Crippen molar-refractivity contribution in [2.75, 3.05) is 6.54 Å². The van der Waals surface area contributed by atoms with Crippen LogP contribution in [0.2, 0.25) is 4.34 Å². The lowest BCUT2D eigenvalue weighted by molar-refractivity contribution is -0.193. The second-order valence-electron chi connectivity index (χ2n) is 4.23. The van der Waals surface area contributed by atoms with Crippen LogP contribution in [0.1, 0.15) is 18.7 Å². The predicted octanol–water partition coefficient (Wildman–Crippen LogP) is 3.03. The molecule has 0 radical (unpaired) electrons. The maximum absolute atomic E-state index is 12.7. The van der Waals surface area contributed by atoms with E-state index in [1.807, 2.05) is 0 Å². The van der Waals surface area contributed by atoms with Gasteiger partial charge in [0.25, 0.3) is 5.91 Å². The van der Waals surface area contributed by atoms with Crippen LogP contribution in [-0.4, -0.2) is 29.1 Å². The fourth-order valence-electron chi connectivity index (χ4n) is 1.40. The molecular weight excluding hydrogens is 301 g/mol. The first kappa shape index (κ1) is 16.3. The average Bonchev–Trinajstić information content (AvgIpc) is 2.69. The molecular formula is C11H14ClF3N2OS. The van der Waals surface area contributed by atoms with E-state index in [1.165, 1.54) is 11.3 Å². The summed E-state index contributed by atoms with van der Waals surface area (Å²) >= 11 is 6.96. The smallest absolute Gasteiger partial charge is 0.336 e. The van der Waals surface area contributed by atoms with Crippen molar-refractivity contribution in [3.05, 3.63) is 21.3 Å². The molecule has 1 atom stereocenters. The van der Waals surface area contributed by atoms with Crippen LogP contribution in [0, 0.1) is 0 Å². The van der Waals surface area contributed by atoms with Gasteiger partial charge in [0.2, 0.25) is 0 Å². The Morgan fingerprint density at radius 1 is 1.47 bits per heavy atom. The highest BCUT2D eigenvalue weighted by atomic mass is 35.5. The molecule has 3 nitrogen and oxygen atoms in total. The van der Waals surface area contributed by atoms with Crippen molar-refractivity contribution >= 4 is 28.8 Å². The number of rotatable bonds is 4. The van der Waals surface area contributed by atoms with Gasteiger partial charge in [0.05, 0.1) is 10.9 Å². The van der Waals surface area contributed by atoms with Gasteiger partial charge in [-0.1, -0.05) is 11.6 Å². The van der Waals surface area contributed by atoms with Crippen LogP contribution in [0.15, 0.2) is 12.1 Å². The number of carbonyl (C=O) groups excluding carboxylic acids is 1. The van der Waals surface area contributed by atoms with Crippen molar-refractivity contribution in [2.24, 2.45) is 5.73 Å². The third kappa shape index (κ3) is 3.61. The highest BCUT2D eigenvalue weighted by Gasteiger charge is 2.55. The van der Waals surface area contributed by atoms with Gasteiger partial charge in [-0.25, -0.2) is 0 Å². The minimum atomic E-state index is -4.79. The summed E-state index contributed by atoms with van der Waals surface area (Å²) < 4.78 is 38.7. The van der Waals surface area contributed by atoms with Crippen molar-refractivity contribution in [2.45, 2.75) is 32.1 Å². The van der Waals surface area contributed by atoms with Crippen LogP contribution in [0.3, 0.4) is 0 Å². The minimum absolute atomic E-state index is 0.0651. The van der Waals surface area contributed by atoms with Gasteiger partial charge in [-0.15, -0.1) is 11.3 Å². The summed E-state index contributed by atoms with van der Waals surface area (Å²) in [5.41, 5.74) is 2.25. The van der Waals surface area contributed by atoms with E-state index in [0.29, 0.717) is 16.1 Å². The van der Waals surface area contributed by atoms with E-state index in [1.54, 1.807) is 19.1 Å². The molecule has 0 aliphatic heterocycles. The summed E-state index contributed by atoms with van der Waals surface area (Å²) in [7, 11) is 0. The molecule has 2 N–H and O–H groups in total. The summed E-state index contributed by atoms with van der Waals surface area (Å²) in [5.74, 6) is -1.15. The maximum Gasteiger partial charge on any atom is 0.415 e. The highest BCUT2D eigenvalue weighted by Crippen LogP contribution is 2.30. The number of carbonyl (C=O) groups is 1. The first-order valence-corrected chi connectivity index (χ1v) is 6.68. The van der Waals surface area contributed by atoms with Crippen LogP contribution in [-0.2, 0) is 11.3 Å². The van der Waals surface area contributed by atoms with Crippen LogP contribution < -0.4 is 5.73 Å². The van der Waals surface area contributed by atoms with Gasteiger partial charge in [-0.05, 0) is 26.0 Å². The number of amides is 1. The van der Waals surface area contributed by atoms with Crippen LogP contribution in [0.5, 0.6) is 0 Å². The number of alkyl halides is 3. The molecule has 1 unspecified atom stereocenters. The summed E-state index contributed by atoms with van der Waals surface area (Å²) in [6, 6.07) is 3.30. The van der Waals surface area contributed by atoms with E-state index in [9.17, 15) is 18.0 Å². The largest absolute Gasteiger partial charge is 0.415 e. The second-order valence-corrected chi connectivity index (χ2v) is 6.02. The van der Waals surface area contributed by atoms with E-state index < -0.39 is 17.6 Å². The quantitative estimate of drug-likeness (QED) is 0.928. The molecule has 8 heteroatoms. The van der Waals surface area contributed by atoms with Crippen molar-refractivity contribution in [3.8, 4) is 0 Å². The SMILES string of the molecule is CCN(Cc1ccc(Cl)s1)C(=O)C(C)(N)C(F)(F)F. The van der Waals surface area contributed by atoms with E-state index in [4.69, 9.17) is 17.3 Å². The fraction of sp³-hybridized carbons (Fsp3) is 0.545. The first-order valence-electron chi connectivity index (χ1n) is 5.48. The summed E-state index contributed by atoms with van der Waals surface area (Å²) in [6.07, 6.45) is -4.79. The average molecular weight is 315 g/mol. The van der Waals surface area contributed by atoms with E-state index >= 15 is 0 Å². The van der Waals surface area contributed by atoms with E-state index in [-0.39, 0.29) is 13.1 Å². The Morgan fingerprint density at radius 3 is 2.42 bits per heavy atom. The number of likely N-dealkylation sites (N-methyl/N-ethyl adjacent to an activating group) is 1. The summed E-state index contributed by atoms with van der Waals surface area (Å²) in [4.78, 5) is 13.7. The molecule has 1 aromatic heterocycles. The first-order chi connectivity index (χ1) is 8.59. The zero-order chi connectivity index (χ0) is 14.8. The van der Waals surface area contributed by atoms with E-state index in [0.717, 1.165) is 4.90 Å². The topological polar surface area (TPSA) is 46.3 Å². The third-order valence-corrected chi connectivity index (χ3v) is 3.89. The van der Waals surface area contributed by atoms with Crippen molar-refractivity contribution in [3.63, 3.8) is 0 Å². The lowest BCUT2D eigenvalue weighted by Gasteiger charge is -2.32. The molecule has 0 aliphatic carbocycles.